The summed E-state index contributed by atoms with van der Waals surface area (Å²) in [5, 5.41) is 10.4. The summed E-state index contributed by atoms with van der Waals surface area (Å²) in [6.07, 6.45) is 3.45. The molecule has 4 heteroatoms. The van der Waals surface area contributed by atoms with Crippen molar-refractivity contribution in [2.45, 2.75) is 6.42 Å². The van der Waals surface area contributed by atoms with Gasteiger partial charge in [0.15, 0.2) is 0 Å². The fourth-order valence-corrected chi connectivity index (χ4v) is 1.52. The van der Waals surface area contributed by atoms with Gasteiger partial charge < -0.3 is 19.5 Å². The molecule has 0 aliphatic rings. The normalized spacial score (nSPS) is 11.1. The molecule has 0 bridgehead atoms. The van der Waals surface area contributed by atoms with Gasteiger partial charge in [-0.25, -0.2) is 0 Å². The van der Waals surface area contributed by atoms with E-state index in [4.69, 9.17) is 4.74 Å². The first-order valence-corrected chi connectivity index (χ1v) is 5.99. The van der Waals surface area contributed by atoms with Crippen LogP contribution in [0.15, 0.2) is 30.3 Å². The Labute approximate surface area is 107 Å². The highest BCUT2D eigenvalue weighted by Gasteiger charge is 2.00. The average molecular weight is 249 g/mol. The topological polar surface area (TPSA) is 53.8 Å². The third-order valence-electron chi connectivity index (χ3n) is 2.40. The molecule has 0 atom stereocenters. The number of hydrogen-bond donors (Lipinski definition) is 1. The van der Waals surface area contributed by atoms with Crippen molar-refractivity contribution in [1.29, 1.82) is 0 Å². The van der Waals surface area contributed by atoms with E-state index in [1.54, 1.807) is 0 Å². The zero-order valence-corrected chi connectivity index (χ0v) is 10.8. The molecule has 0 aliphatic heterocycles. The lowest BCUT2D eigenvalue weighted by Crippen LogP contribution is -3.05. The van der Waals surface area contributed by atoms with Crippen LogP contribution in [-0.4, -0.2) is 33.2 Å². The summed E-state index contributed by atoms with van der Waals surface area (Å²) < 4.78 is 5.64. The molecule has 0 radical (unpaired) electrons. The maximum atomic E-state index is 10.4. The summed E-state index contributed by atoms with van der Waals surface area (Å²) in [5.74, 6) is -0.509. The number of aliphatic carboxylic acids is 1. The lowest BCUT2D eigenvalue weighted by Gasteiger charge is -2.10. The number of rotatable bonds is 7. The molecule has 0 aliphatic carbocycles. The molecule has 98 valence electrons. The summed E-state index contributed by atoms with van der Waals surface area (Å²) in [5.41, 5.74) is 0.749. The zero-order valence-electron chi connectivity index (χ0n) is 10.8. The van der Waals surface area contributed by atoms with Crippen molar-refractivity contribution in [2.24, 2.45) is 0 Å². The molecular formula is C14H19NO3. The van der Waals surface area contributed by atoms with E-state index in [1.807, 2.05) is 24.3 Å². The maximum Gasteiger partial charge on any atom is 0.126 e. The van der Waals surface area contributed by atoms with E-state index in [-0.39, 0.29) is 0 Å². The highest BCUT2D eigenvalue weighted by atomic mass is 16.5. The van der Waals surface area contributed by atoms with Crippen LogP contribution in [0, 0.1) is 0 Å². The van der Waals surface area contributed by atoms with Crippen molar-refractivity contribution in [3.63, 3.8) is 0 Å². The van der Waals surface area contributed by atoms with Crippen LogP contribution in [-0.2, 0) is 4.79 Å². The largest absolute Gasteiger partial charge is 0.545 e. The molecule has 0 saturated heterocycles. The Kier molecular flexibility index (Phi) is 5.94. The number of hydrogen-bond acceptors (Lipinski definition) is 3. The first-order chi connectivity index (χ1) is 8.59. The quantitative estimate of drug-likeness (QED) is 0.517. The summed E-state index contributed by atoms with van der Waals surface area (Å²) in [6.45, 7) is 1.67. The van der Waals surface area contributed by atoms with Gasteiger partial charge in [0.1, 0.15) is 5.75 Å². The van der Waals surface area contributed by atoms with Crippen LogP contribution in [0.3, 0.4) is 0 Å². The lowest BCUT2D eigenvalue weighted by molar-refractivity contribution is -0.858. The van der Waals surface area contributed by atoms with Gasteiger partial charge in [-0.05, 0) is 18.2 Å². The standard InChI is InChI=1S/C14H19NO3/c1-15(2)10-5-11-18-13-7-4-3-6-12(13)8-9-14(16)17/h3-4,6-9H,5,10-11H2,1-2H3,(H,16,17)/b9-8+. The van der Waals surface area contributed by atoms with E-state index in [2.05, 4.69) is 14.1 Å². The predicted octanol–water partition coefficient (Wildman–Crippen LogP) is -0.637. The minimum Gasteiger partial charge on any atom is -0.545 e. The summed E-state index contributed by atoms with van der Waals surface area (Å²) in [4.78, 5) is 11.8. The van der Waals surface area contributed by atoms with Crippen LogP contribution in [0.1, 0.15) is 12.0 Å². The Morgan fingerprint density at radius 3 is 2.78 bits per heavy atom. The van der Waals surface area contributed by atoms with Crippen molar-refractivity contribution in [3.05, 3.63) is 35.9 Å². The van der Waals surface area contributed by atoms with Crippen LogP contribution in [0.4, 0.5) is 0 Å². The second-order valence-electron chi connectivity index (χ2n) is 4.35. The summed E-state index contributed by atoms with van der Waals surface area (Å²) >= 11 is 0. The fraction of sp³-hybridized carbons (Fsp3) is 0.357. The van der Waals surface area contributed by atoms with Crippen LogP contribution >= 0.6 is 0 Å². The Morgan fingerprint density at radius 1 is 1.39 bits per heavy atom. The highest BCUT2D eigenvalue weighted by Crippen LogP contribution is 2.19. The van der Waals surface area contributed by atoms with E-state index in [0.29, 0.717) is 12.4 Å². The number of para-hydroxylation sites is 1. The molecule has 1 aromatic carbocycles. The molecule has 1 N–H and O–H groups in total. The summed E-state index contributed by atoms with van der Waals surface area (Å²) in [7, 11) is 4.19. The molecular weight excluding hydrogens is 230 g/mol. The Hall–Kier alpha value is -1.81. The molecule has 0 aromatic heterocycles. The van der Waals surface area contributed by atoms with Gasteiger partial charge in [-0.2, -0.15) is 0 Å². The van der Waals surface area contributed by atoms with Gasteiger partial charge in [-0.15, -0.1) is 0 Å². The molecule has 0 spiro atoms. The molecule has 18 heavy (non-hydrogen) atoms. The van der Waals surface area contributed by atoms with Crippen LogP contribution in [0.5, 0.6) is 5.75 Å². The van der Waals surface area contributed by atoms with Crippen molar-refractivity contribution >= 4 is 12.0 Å². The number of ether oxygens (including phenoxy) is 1. The highest BCUT2D eigenvalue weighted by molar-refractivity contribution is 5.84. The molecule has 0 heterocycles. The van der Waals surface area contributed by atoms with E-state index in [1.165, 1.54) is 11.0 Å². The second-order valence-corrected chi connectivity index (χ2v) is 4.35. The number of carbonyl (C=O) groups excluding carboxylic acids is 1. The third kappa shape index (κ3) is 5.50. The van der Waals surface area contributed by atoms with E-state index < -0.39 is 5.97 Å². The molecule has 0 amide bonds. The van der Waals surface area contributed by atoms with E-state index >= 15 is 0 Å². The van der Waals surface area contributed by atoms with Gasteiger partial charge in [-0.1, -0.05) is 18.2 Å². The first kappa shape index (κ1) is 14.3. The first-order valence-electron chi connectivity index (χ1n) is 5.99. The molecule has 4 nitrogen and oxygen atoms in total. The van der Waals surface area contributed by atoms with E-state index in [9.17, 15) is 9.90 Å². The molecule has 0 fully saturated rings. The zero-order chi connectivity index (χ0) is 13.4. The Bertz CT molecular complexity index is 413. The number of benzene rings is 1. The van der Waals surface area contributed by atoms with Gasteiger partial charge in [0, 0.05) is 12.0 Å². The van der Waals surface area contributed by atoms with Crippen LogP contribution < -0.4 is 14.7 Å². The second kappa shape index (κ2) is 7.50. The van der Waals surface area contributed by atoms with Crippen LogP contribution in [0.25, 0.3) is 6.08 Å². The van der Waals surface area contributed by atoms with Crippen molar-refractivity contribution < 1.29 is 19.5 Å². The Morgan fingerprint density at radius 2 is 2.11 bits per heavy atom. The minimum absolute atomic E-state index is 0.626. The van der Waals surface area contributed by atoms with Gasteiger partial charge >= 0.3 is 0 Å². The van der Waals surface area contributed by atoms with Crippen molar-refractivity contribution in [2.75, 3.05) is 27.2 Å². The fourth-order valence-electron chi connectivity index (χ4n) is 1.52. The van der Waals surface area contributed by atoms with Gasteiger partial charge in [0.05, 0.1) is 33.2 Å². The molecule has 0 saturated carbocycles. The number of carboxylic acid groups (broad SMARTS) is 1. The number of quaternary nitrogens is 1. The third-order valence-corrected chi connectivity index (χ3v) is 2.40. The smallest absolute Gasteiger partial charge is 0.126 e. The van der Waals surface area contributed by atoms with E-state index in [0.717, 1.165) is 24.6 Å². The number of carbonyl (C=O) groups is 1. The minimum atomic E-state index is -1.21. The number of nitrogens with one attached hydrogen (secondary N) is 1. The molecule has 0 unspecified atom stereocenters. The maximum absolute atomic E-state index is 10.4. The number of carboxylic acids is 1. The van der Waals surface area contributed by atoms with Crippen molar-refractivity contribution in [3.8, 4) is 5.75 Å². The molecule has 1 aromatic rings. The predicted molar refractivity (Wildman–Crippen MR) is 68.3 cm³/mol. The Balaban J connectivity index is 2.56. The lowest BCUT2D eigenvalue weighted by atomic mass is 10.2. The SMILES string of the molecule is C[NH+](C)CCCOc1ccccc1/C=C/C(=O)[O-]. The van der Waals surface area contributed by atoms with Gasteiger partial charge in [-0.3, -0.25) is 0 Å². The summed E-state index contributed by atoms with van der Waals surface area (Å²) in [6, 6.07) is 7.35. The molecule has 1 rings (SSSR count). The van der Waals surface area contributed by atoms with Crippen LogP contribution in [0.2, 0.25) is 0 Å². The van der Waals surface area contributed by atoms with Crippen molar-refractivity contribution in [1.82, 2.24) is 0 Å². The average Bonchev–Trinajstić information content (AvgIpc) is 2.33. The monoisotopic (exact) mass is 249 g/mol. The van der Waals surface area contributed by atoms with Gasteiger partial charge in [0.25, 0.3) is 0 Å². The van der Waals surface area contributed by atoms with Gasteiger partial charge in [0.2, 0.25) is 0 Å².